The maximum absolute atomic E-state index is 12.7. The number of hydrogen-bond acceptors (Lipinski definition) is 4. The van der Waals surface area contributed by atoms with Gasteiger partial charge in [0.25, 0.3) is 0 Å². The van der Waals surface area contributed by atoms with Gasteiger partial charge in [-0.1, -0.05) is 23.2 Å². The van der Waals surface area contributed by atoms with Crippen molar-refractivity contribution in [3.05, 3.63) is 38.8 Å². The smallest absolute Gasteiger partial charge is 0.370 e. The summed E-state index contributed by atoms with van der Waals surface area (Å²) in [6.07, 6.45) is -4.76. The normalized spacial score (nSPS) is 10.8. The predicted octanol–water partition coefficient (Wildman–Crippen LogP) is 3.98. The highest BCUT2D eigenvalue weighted by Gasteiger charge is 2.32. The molecule has 2 rings (SSSR count). The first-order chi connectivity index (χ1) is 11.6. The van der Waals surface area contributed by atoms with Gasteiger partial charge in [-0.3, -0.25) is 4.79 Å². The molecule has 1 aromatic heterocycles. The number of hydrogen-bond donors (Lipinski definition) is 3. The molecule has 2 aromatic rings. The molecule has 1 amide bonds. The van der Waals surface area contributed by atoms with E-state index in [1.807, 2.05) is 0 Å². The monoisotopic (exact) mass is 447 g/mol. The number of aliphatic imine (C=N–C) groups is 1. The van der Waals surface area contributed by atoms with Crippen LogP contribution in [-0.2, 0) is 17.4 Å². The van der Waals surface area contributed by atoms with Crippen molar-refractivity contribution in [3.8, 4) is 0 Å². The zero-order valence-electron chi connectivity index (χ0n) is 12.6. The van der Waals surface area contributed by atoms with E-state index in [1.54, 1.807) is 5.38 Å². The number of nitrogens with one attached hydrogen (secondary N) is 1. The van der Waals surface area contributed by atoms with Crippen LogP contribution in [0.2, 0.25) is 10.0 Å². The van der Waals surface area contributed by atoms with Crippen molar-refractivity contribution < 1.29 is 18.0 Å². The first-order valence-corrected chi connectivity index (χ1v) is 8.10. The van der Waals surface area contributed by atoms with Crippen LogP contribution >= 0.6 is 46.9 Å². The van der Waals surface area contributed by atoms with Gasteiger partial charge in [0.1, 0.15) is 0 Å². The standard InChI is InChI=1S/C13H10Cl2F3N5OS.ClH/c14-7-1-5(13(16,17)18)2-8(15)10(7)22-9(24)3-6-4-25-12(21-6)23-11(19)20;/h1-2,4H,3H2,(H,22,24)(H4,19,20,21,23);1H. The second-order valence-corrected chi connectivity index (χ2v) is 6.35. The Bertz CT molecular complexity index is 814. The van der Waals surface area contributed by atoms with Crippen LogP contribution in [0.25, 0.3) is 0 Å². The molecule has 0 aliphatic rings. The third kappa shape index (κ3) is 5.90. The van der Waals surface area contributed by atoms with Gasteiger partial charge < -0.3 is 16.8 Å². The summed E-state index contributed by atoms with van der Waals surface area (Å²) in [5.74, 6) is -0.737. The Morgan fingerprint density at radius 3 is 2.35 bits per heavy atom. The van der Waals surface area contributed by atoms with Gasteiger partial charge in [-0.2, -0.15) is 18.2 Å². The summed E-state index contributed by atoms with van der Waals surface area (Å²) in [6, 6.07) is 1.37. The fraction of sp³-hybridized carbons (Fsp3) is 0.154. The van der Waals surface area contributed by atoms with Gasteiger partial charge in [0, 0.05) is 5.38 Å². The fourth-order valence-electron chi connectivity index (χ4n) is 1.74. The first kappa shape index (κ1) is 22.3. The Kier molecular flexibility index (Phi) is 7.51. The molecule has 142 valence electrons. The van der Waals surface area contributed by atoms with E-state index in [0.717, 1.165) is 11.3 Å². The van der Waals surface area contributed by atoms with Gasteiger partial charge in [-0.25, -0.2) is 4.98 Å². The molecule has 0 saturated carbocycles. The Balaban J connectivity index is 0.00000338. The van der Waals surface area contributed by atoms with Crippen molar-refractivity contribution >= 4 is 69.6 Å². The Morgan fingerprint density at radius 1 is 1.27 bits per heavy atom. The lowest BCUT2D eigenvalue weighted by molar-refractivity contribution is -0.137. The van der Waals surface area contributed by atoms with Gasteiger partial charge in [-0.05, 0) is 12.1 Å². The van der Waals surface area contributed by atoms with E-state index < -0.39 is 17.6 Å². The van der Waals surface area contributed by atoms with Crippen LogP contribution in [0.4, 0.5) is 24.0 Å². The van der Waals surface area contributed by atoms with Crippen molar-refractivity contribution in [2.24, 2.45) is 16.5 Å². The van der Waals surface area contributed by atoms with Crippen LogP contribution in [0, 0.1) is 0 Å². The number of halogens is 6. The summed E-state index contributed by atoms with van der Waals surface area (Å²) in [5.41, 5.74) is 9.69. The lowest BCUT2D eigenvalue weighted by atomic mass is 10.2. The SMILES string of the molecule is Cl.NC(N)=Nc1nc(CC(=O)Nc2c(Cl)cc(C(F)(F)F)cc2Cl)cs1. The third-order valence-corrected chi connectivity index (χ3v) is 4.12. The molecule has 0 unspecified atom stereocenters. The molecule has 0 fully saturated rings. The van der Waals surface area contributed by atoms with E-state index in [0.29, 0.717) is 17.8 Å². The highest BCUT2D eigenvalue weighted by Crippen LogP contribution is 2.38. The third-order valence-electron chi connectivity index (χ3n) is 2.74. The second-order valence-electron chi connectivity index (χ2n) is 4.70. The van der Waals surface area contributed by atoms with E-state index in [9.17, 15) is 18.0 Å². The van der Waals surface area contributed by atoms with E-state index >= 15 is 0 Å². The number of carbonyl (C=O) groups excluding carboxylic acids is 1. The minimum absolute atomic E-state index is 0. The number of amides is 1. The molecule has 1 aromatic carbocycles. The Labute approximate surface area is 165 Å². The number of rotatable bonds is 4. The number of guanidine groups is 1. The summed E-state index contributed by atoms with van der Waals surface area (Å²) >= 11 is 12.7. The molecule has 0 radical (unpaired) electrons. The molecule has 13 heteroatoms. The zero-order chi connectivity index (χ0) is 18.8. The van der Waals surface area contributed by atoms with Crippen LogP contribution in [-0.4, -0.2) is 16.9 Å². The molecule has 26 heavy (non-hydrogen) atoms. The predicted molar refractivity (Wildman–Crippen MR) is 98.6 cm³/mol. The molecule has 5 N–H and O–H groups in total. The molecular formula is C13H11Cl3F3N5OS. The maximum Gasteiger partial charge on any atom is 0.416 e. The Morgan fingerprint density at radius 2 is 1.85 bits per heavy atom. The van der Waals surface area contributed by atoms with Crippen LogP contribution in [0.3, 0.4) is 0 Å². The minimum atomic E-state index is -4.60. The number of nitrogens with zero attached hydrogens (tertiary/aromatic N) is 2. The van der Waals surface area contributed by atoms with Crippen molar-refractivity contribution in [1.29, 1.82) is 0 Å². The van der Waals surface area contributed by atoms with Crippen molar-refractivity contribution in [3.63, 3.8) is 0 Å². The van der Waals surface area contributed by atoms with E-state index in [4.69, 9.17) is 34.7 Å². The van der Waals surface area contributed by atoms with Crippen LogP contribution in [0.5, 0.6) is 0 Å². The van der Waals surface area contributed by atoms with Crippen LogP contribution in [0.15, 0.2) is 22.5 Å². The van der Waals surface area contributed by atoms with Gasteiger partial charge in [0.05, 0.1) is 33.4 Å². The van der Waals surface area contributed by atoms with E-state index in [-0.39, 0.29) is 45.7 Å². The minimum Gasteiger partial charge on any atom is -0.370 e. The number of anilines is 1. The van der Waals surface area contributed by atoms with Gasteiger partial charge in [0.2, 0.25) is 11.0 Å². The molecule has 6 nitrogen and oxygen atoms in total. The number of nitrogens with two attached hydrogens (primary N) is 2. The van der Waals surface area contributed by atoms with Gasteiger partial charge in [-0.15, -0.1) is 23.7 Å². The van der Waals surface area contributed by atoms with E-state index in [1.165, 1.54) is 0 Å². The molecular weight excluding hydrogens is 438 g/mol. The lowest BCUT2D eigenvalue weighted by Crippen LogP contribution is -2.21. The topological polar surface area (TPSA) is 106 Å². The quantitative estimate of drug-likeness (QED) is 0.486. The van der Waals surface area contributed by atoms with Gasteiger partial charge >= 0.3 is 6.18 Å². The second kappa shape index (κ2) is 8.76. The summed E-state index contributed by atoms with van der Waals surface area (Å²) in [5, 5.41) is 3.55. The molecule has 0 aliphatic carbocycles. The largest absolute Gasteiger partial charge is 0.416 e. The number of carbonyl (C=O) groups is 1. The molecule has 0 aliphatic heterocycles. The lowest BCUT2D eigenvalue weighted by Gasteiger charge is -2.13. The summed E-state index contributed by atoms with van der Waals surface area (Å²) < 4.78 is 38.0. The zero-order valence-corrected chi connectivity index (χ0v) is 15.7. The Hall–Kier alpha value is -1.75. The number of alkyl halides is 3. The average Bonchev–Trinajstić information content (AvgIpc) is 2.87. The van der Waals surface area contributed by atoms with Gasteiger partial charge in [0.15, 0.2) is 5.96 Å². The summed E-state index contributed by atoms with van der Waals surface area (Å²) in [6.45, 7) is 0. The highest BCUT2D eigenvalue weighted by molar-refractivity contribution is 7.13. The number of aromatic nitrogens is 1. The number of benzene rings is 1. The van der Waals surface area contributed by atoms with Crippen LogP contribution in [0.1, 0.15) is 11.3 Å². The van der Waals surface area contributed by atoms with Crippen molar-refractivity contribution in [1.82, 2.24) is 4.98 Å². The molecule has 1 heterocycles. The van der Waals surface area contributed by atoms with Crippen molar-refractivity contribution in [2.45, 2.75) is 12.6 Å². The van der Waals surface area contributed by atoms with E-state index in [2.05, 4.69) is 15.3 Å². The maximum atomic E-state index is 12.7. The summed E-state index contributed by atoms with van der Waals surface area (Å²) in [4.78, 5) is 19.8. The average molecular weight is 449 g/mol. The first-order valence-electron chi connectivity index (χ1n) is 6.46. The summed E-state index contributed by atoms with van der Waals surface area (Å²) in [7, 11) is 0. The fourth-order valence-corrected chi connectivity index (χ4v) is 3.03. The molecule has 0 spiro atoms. The highest BCUT2D eigenvalue weighted by atomic mass is 35.5. The molecule has 0 saturated heterocycles. The number of thiazole rings is 1. The molecule has 0 bridgehead atoms. The molecule has 0 atom stereocenters. The van der Waals surface area contributed by atoms with Crippen LogP contribution < -0.4 is 16.8 Å². The van der Waals surface area contributed by atoms with Crippen molar-refractivity contribution in [2.75, 3.05) is 5.32 Å².